The van der Waals surface area contributed by atoms with E-state index in [1.54, 1.807) is 7.05 Å². The Balaban J connectivity index is 0.000000246. The molecular formula is C89H123N3O17. The molecule has 10 rings (SSSR count). The molecule has 2 fully saturated rings. The van der Waals surface area contributed by atoms with Gasteiger partial charge in [-0.3, -0.25) is 0 Å². The van der Waals surface area contributed by atoms with Crippen LogP contribution in [0.1, 0.15) is 103 Å². The SMILES string of the molecule is CC(C)(C)c1ccc(OCC(O)COc2ccccc2)cc1.CC(C)(c1ccc(OCC(O)COc2ccc(C(C)(C)c3ccc(OCC4CO4)cc3)cc2)cc1)c1ccc(OCC2CO2)cc1.CN(CCO)CC(O)COc1ccc(C(C)(C)C)cc1.CN(CCO)CC(O)COc1ccccc1.CNCCO. The fourth-order valence-electron chi connectivity index (χ4n) is 10.8. The smallest absolute Gasteiger partial charge is 0.122 e. The summed E-state index contributed by atoms with van der Waals surface area (Å²) in [5.41, 5.74) is 7.10. The molecule has 109 heavy (non-hydrogen) atoms. The summed E-state index contributed by atoms with van der Waals surface area (Å²) in [4.78, 5) is 3.73. The number of ether oxygens (including phenoxy) is 10. The van der Waals surface area contributed by atoms with Gasteiger partial charge in [0.25, 0.3) is 0 Å². The predicted molar refractivity (Wildman–Crippen MR) is 431 cm³/mol. The molecule has 5 atom stereocenters. The van der Waals surface area contributed by atoms with Gasteiger partial charge in [-0.15, -0.1) is 0 Å². The maximum Gasteiger partial charge on any atom is 0.122 e. The molecule has 2 heterocycles. The fourth-order valence-corrected chi connectivity index (χ4v) is 10.8. The van der Waals surface area contributed by atoms with Gasteiger partial charge in [0, 0.05) is 43.6 Å². The molecule has 2 saturated heterocycles. The van der Waals surface area contributed by atoms with E-state index in [0.29, 0.717) is 57.4 Å². The van der Waals surface area contributed by atoms with Crippen LogP contribution in [0.3, 0.4) is 0 Å². The molecule has 0 radical (unpaired) electrons. The van der Waals surface area contributed by atoms with Gasteiger partial charge in [0.05, 0.1) is 33.0 Å². The third-order valence-corrected chi connectivity index (χ3v) is 17.9. The van der Waals surface area contributed by atoms with Gasteiger partial charge in [0.2, 0.25) is 0 Å². The monoisotopic (exact) mass is 1510 g/mol. The van der Waals surface area contributed by atoms with Crippen molar-refractivity contribution < 1.29 is 83.1 Å². The molecule has 0 aromatic heterocycles. The molecule has 5 unspecified atom stereocenters. The van der Waals surface area contributed by atoms with Gasteiger partial charge in [-0.1, -0.05) is 178 Å². The number of rotatable bonds is 38. The number of hydrogen-bond donors (Lipinski definition) is 8. The topological polar surface area (TPSA) is 259 Å². The van der Waals surface area contributed by atoms with Gasteiger partial charge in [-0.25, -0.2) is 0 Å². The molecule has 8 aromatic carbocycles. The highest BCUT2D eigenvalue weighted by Gasteiger charge is 2.28. The average molecular weight is 1510 g/mol. The van der Waals surface area contributed by atoms with Gasteiger partial charge >= 0.3 is 0 Å². The summed E-state index contributed by atoms with van der Waals surface area (Å²) in [5, 5.41) is 68.2. The maximum atomic E-state index is 10.5. The molecule has 20 nitrogen and oxygen atoms in total. The van der Waals surface area contributed by atoms with Crippen molar-refractivity contribution in [1.82, 2.24) is 15.1 Å². The molecule has 0 aliphatic carbocycles. The Hall–Kier alpha value is -8.32. The molecule has 2 aliphatic heterocycles. The van der Waals surface area contributed by atoms with E-state index >= 15 is 0 Å². The first-order chi connectivity index (χ1) is 52.1. The van der Waals surface area contributed by atoms with Crippen LogP contribution in [0, 0.1) is 0 Å². The minimum absolute atomic E-state index is 0.0956. The van der Waals surface area contributed by atoms with Crippen LogP contribution in [0.5, 0.6) is 46.0 Å². The molecule has 0 saturated carbocycles. The Bertz CT molecular complexity index is 3560. The number of benzene rings is 8. The summed E-state index contributed by atoms with van der Waals surface area (Å²) < 4.78 is 55.8. The second-order valence-electron chi connectivity index (χ2n) is 30.3. The van der Waals surface area contributed by atoms with E-state index in [0.717, 1.165) is 47.7 Å². The minimum Gasteiger partial charge on any atom is -0.491 e. The van der Waals surface area contributed by atoms with Crippen molar-refractivity contribution in [2.45, 2.75) is 128 Å². The quantitative estimate of drug-likeness (QED) is 0.0167. The zero-order valence-electron chi connectivity index (χ0n) is 66.4. The molecular weight excluding hydrogens is 1380 g/mol. The number of aliphatic hydroxyl groups is 7. The van der Waals surface area contributed by atoms with Gasteiger partial charge in [0.1, 0.15) is 135 Å². The second kappa shape index (κ2) is 46.4. The minimum atomic E-state index is -0.772. The second-order valence-corrected chi connectivity index (χ2v) is 30.3. The molecule has 596 valence electrons. The number of likely N-dealkylation sites (N-methyl/N-ethyl adjacent to an activating group) is 3. The van der Waals surface area contributed by atoms with E-state index in [9.17, 15) is 20.4 Å². The molecule has 0 spiro atoms. The van der Waals surface area contributed by atoms with E-state index < -0.39 is 24.4 Å². The lowest BCUT2D eigenvalue weighted by atomic mass is 9.78. The van der Waals surface area contributed by atoms with Crippen molar-refractivity contribution in [3.8, 4) is 46.0 Å². The van der Waals surface area contributed by atoms with Crippen LogP contribution in [0.2, 0.25) is 0 Å². The largest absolute Gasteiger partial charge is 0.491 e. The fraction of sp³-hybridized carbons (Fsp3) is 0.461. The third kappa shape index (κ3) is 34.6. The van der Waals surface area contributed by atoms with E-state index in [2.05, 4.69) is 147 Å². The summed E-state index contributed by atoms with van der Waals surface area (Å²) in [6.07, 6.45) is -2.06. The summed E-state index contributed by atoms with van der Waals surface area (Å²) in [6.45, 7) is 29.0. The Morgan fingerprint density at radius 3 is 0.780 bits per heavy atom. The zero-order chi connectivity index (χ0) is 79.2. The summed E-state index contributed by atoms with van der Waals surface area (Å²) >= 11 is 0. The summed E-state index contributed by atoms with van der Waals surface area (Å²) in [5.74, 6) is 6.13. The lowest BCUT2D eigenvalue weighted by Crippen LogP contribution is -2.34. The van der Waals surface area contributed by atoms with Crippen LogP contribution in [-0.2, 0) is 31.1 Å². The van der Waals surface area contributed by atoms with Gasteiger partial charge in [0.15, 0.2) is 0 Å². The van der Waals surface area contributed by atoms with Crippen molar-refractivity contribution in [1.29, 1.82) is 0 Å². The Labute approximate surface area is 648 Å². The zero-order valence-corrected chi connectivity index (χ0v) is 66.4. The van der Waals surface area contributed by atoms with Gasteiger partial charge in [-0.05, 0) is 162 Å². The Morgan fingerprint density at radius 1 is 0.339 bits per heavy atom. The molecule has 2 aliphatic rings. The van der Waals surface area contributed by atoms with E-state index in [1.165, 1.54) is 33.4 Å². The normalized spacial score (nSPS) is 14.9. The number of aliphatic hydroxyl groups excluding tert-OH is 7. The standard InChI is InChI=1S/C39H44O7.C19H24O3.C16H27NO3.C12H19NO3.C3H9NO/c1-38(2,29-9-17-34(18-10-29)43-23-36-25-45-36)27-5-13-32(14-6-27)41-21-31(40)22-42-33-15-7-28(8-16-33)39(3,4)30-11-19-35(20-12-30)44-24-37-26-46-37;1-19(2,3)15-9-11-18(12-10-15)22-14-16(20)13-21-17-7-5-4-6-8-17;1-16(2,3)13-5-7-15(8-6-13)20-12-14(19)11-17(4)9-10-18;1-13(7-8-14)9-11(15)10-16-12-5-3-2-4-6-12;1-4-2-3-5/h5-20,31,36-37,40H,21-26H2,1-4H3;4-12,16,20H,13-14H2,1-3H3;5-8,14,18-19H,9-12H2,1-4H3;2-6,11,14-15H,7-10H2,1H3;4-5H,2-3H2,1H3. The van der Waals surface area contributed by atoms with Crippen molar-refractivity contribution in [3.63, 3.8) is 0 Å². The first kappa shape index (κ1) is 89.6. The molecule has 8 N–H and O–H groups in total. The van der Waals surface area contributed by atoms with Crippen LogP contribution < -0.4 is 43.2 Å². The van der Waals surface area contributed by atoms with Crippen LogP contribution in [0.25, 0.3) is 0 Å². The van der Waals surface area contributed by atoms with Crippen molar-refractivity contribution in [3.05, 3.63) is 240 Å². The molecule has 0 amide bonds. The van der Waals surface area contributed by atoms with Gasteiger partial charge < -0.3 is 98.2 Å². The number of para-hydroxylation sites is 2. The van der Waals surface area contributed by atoms with Crippen molar-refractivity contribution in [2.24, 2.45) is 0 Å². The third-order valence-electron chi connectivity index (χ3n) is 17.9. The number of hydrogen-bond acceptors (Lipinski definition) is 20. The highest BCUT2D eigenvalue weighted by Crippen LogP contribution is 2.36. The van der Waals surface area contributed by atoms with Crippen LogP contribution in [-0.4, -0.2) is 222 Å². The van der Waals surface area contributed by atoms with Gasteiger partial charge in [-0.2, -0.15) is 0 Å². The van der Waals surface area contributed by atoms with Crippen LogP contribution >= 0.6 is 0 Å². The maximum absolute atomic E-state index is 10.5. The number of epoxide rings is 2. The lowest BCUT2D eigenvalue weighted by Gasteiger charge is -2.26. The highest BCUT2D eigenvalue weighted by molar-refractivity contribution is 5.44. The predicted octanol–water partition coefficient (Wildman–Crippen LogP) is 11.7. The first-order valence-electron chi connectivity index (χ1n) is 37.6. The lowest BCUT2D eigenvalue weighted by molar-refractivity contribution is 0.0626. The number of nitrogens with zero attached hydrogens (tertiary/aromatic N) is 2. The molecule has 20 heteroatoms. The summed E-state index contributed by atoms with van der Waals surface area (Å²) in [6, 6.07) is 67.4. The van der Waals surface area contributed by atoms with E-state index in [-0.39, 0.29) is 93.3 Å². The number of nitrogens with one attached hydrogen (secondary N) is 1. The highest BCUT2D eigenvalue weighted by atomic mass is 16.6. The Kier molecular flexibility index (Phi) is 38.1. The van der Waals surface area contributed by atoms with Crippen LogP contribution in [0.4, 0.5) is 0 Å². The van der Waals surface area contributed by atoms with E-state index in [1.807, 2.05) is 157 Å². The Morgan fingerprint density at radius 2 is 0.569 bits per heavy atom. The molecule has 8 aromatic rings. The van der Waals surface area contributed by atoms with Crippen LogP contribution in [0.15, 0.2) is 206 Å². The average Bonchev–Trinajstić information content (AvgIpc) is 1.13. The van der Waals surface area contributed by atoms with E-state index in [4.69, 9.17) is 62.7 Å². The first-order valence-corrected chi connectivity index (χ1v) is 37.6. The summed E-state index contributed by atoms with van der Waals surface area (Å²) in [7, 11) is 5.51. The van der Waals surface area contributed by atoms with Crippen molar-refractivity contribution in [2.75, 3.05) is 140 Å². The van der Waals surface area contributed by atoms with Crippen molar-refractivity contribution >= 4 is 0 Å². The molecule has 0 bridgehead atoms.